The van der Waals surface area contributed by atoms with Gasteiger partial charge in [-0.2, -0.15) is 0 Å². The van der Waals surface area contributed by atoms with Crippen LogP contribution in [0.5, 0.6) is 0 Å². The molecule has 5 nitrogen and oxygen atoms in total. The highest BCUT2D eigenvalue weighted by Crippen LogP contribution is 2.31. The summed E-state index contributed by atoms with van der Waals surface area (Å²) in [4.78, 5) is 24.1. The first-order valence-corrected chi connectivity index (χ1v) is 10.8. The molecule has 1 atom stereocenters. The Labute approximate surface area is 163 Å². The van der Waals surface area contributed by atoms with Crippen molar-refractivity contribution in [1.29, 1.82) is 0 Å². The van der Waals surface area contributed by atoms with Gasteiger partial charge in [-0.3, -0.25) is 4.79 Å². The van der Waals surface area contributed by atoms with E-state index in [9.17, 15) is 14.7 Å². The standard InChI is InChI=1S/C22H36O5/c23-17-22-16-19(21(25)27-22)14-12-10-8-6-4-2-1-3-5-7-9-11-13-15-20(24)26-18-22/h14,23H,1-13,15-18H2/b19-14-. The van der Waals surface area contributed by atoms with Crippen molar-refractivity contribution in [1.82, 2.24) is 0 Å². The van der Waals surface area contributed by atoms with Crippen LogP contribution in [0.2, 0.25) is 0 Å². The van der Waals surface area contributed by atoms with Crippen LogP contribution in [-0.2, 0) is 19.1 Å². The van der Waals surface area contributed by atoms with E-state index in [0.717, 1.165) is 25.7 Å². The number of ether oxygens (including phenoxy) is 2. The molecule has 1 unspecified atom stereocenters. The van der Waals surface area contributed by atoms with Crippen LogP contribution in [-0.4, -0.2) is 35.9 Å². The van der Waals surface area contributed by atoms with Crippen molar-refractivity contribution >= 4 is 11.9 Å². The van der Waals surface area contributed by atoms with E-state index in [1.54, 1.807) is 0 Å². The van der Waals surface area contributed by atoms with Gasteiger partial charge in [0.05, 0.1) is 6.61 Å². The molecule has 0 amide bonds. The minimum absolute atomic E-state index is 0.0641. The topological polar surface area (TPSA) is 72.8 Å². The van der Waals surface area contributed by atoms with Gasteiger partial charge in [0, 0.05) is 18.4 Å². The molecule has 5 heteroatoms. The highest BCUT2D eigenvalue weighted by Gasteiger charge is 2.44. The second-order valence-corrected chi connectivity index (χ2v) is 8.08. The summed E-state index contributed by atoms with van der Waals surface area (Å²) in [5.74, 6) is -0.663. The molecule has 2 heterocycles. The predicted molar refractivity (Wildman–Crippen MR) is 104 cm³/mol. The normalized spacial score (nSPS) is 29.7. The summed E-state index contributed by atoms with van der Waals surface area (Å²) in [6, 6.07) is 0. The number of aliphatic hydroxyl groups is 1. The SMILES string of the molecule is O=C1CCCCCCCCCCCCCC/C=C2/CC(CO)(CO1)OC2=O. The molecule has 0 radical (unpaired) electrons. The molecule has 2 bridgehead atoms. The summed E-state index contributed by atoms with van der Waals surface area (Å²) in [5, 5.41) is 9.72. The lowest BCUT2D eigenvalue weighted by molar-refractivity contribution is -0.166. The van der Waals surface area contributed by atoms with E-state index in [1.165, 1.54) is 57.8 Å². The Balaban J connectivity index is 1.88. The third-order valence-corrected chi connectivity index (χ3v) is 5.59. The van der Waals surface area contributed by atoms with Gasteiger partial charge >= 0.3 is 11.9 Å². The van der Waals surface area contributed by atoms with Gasteiger partial charge in [-0.25, -0.2) is 4.79 Å². The van der Waals surface area contributed by atoms with Crippen molar-refractivity contribution in [3.63, 3.8) is 0 Å². The van der Waals surface area contributed by atoms with Gasteiger partial charge in [-0.05, 0) is 19.3 Å². The molecule has 0 aromatic carbocycles. The van der Waals surface area contributed by atoms with E-state index >= 15 is 0 Å². The maximum absolute atomic E-state index is 12.1. The predicted octanol–water partition coefficient (Wildman–Crippen LogP) is 4.61. The lowest BCUT2D eigenvalue weighted by Crippen LogP contribution is -2.39. The Morgan fingerprint density at radius 1 is 0.852 bits per heavy atom. The summed E-state index contributed by atoms with van der Waals surface area (Å²) in [6.07, 6.45) is 17.8. The minimum atomic E-state index is -1.10. The zero-order chi connectivity index (χ0) is 19.4. The maximum Gasteiger partial charge on any atom is 0.334 e. The van der Waals surface area contributed by atoms with Crippen molar-refractivity contribution < 1.29 is 24.2 Å². The van der Waals surface area contributed by atoms with Crippen LogP contribution in [0.4, 0.5) is 0 Å². The van der Waals surface area contributed by atoms with Crippen LogP contribution >= 0.6 is 0 Å². The summed E-state index contributed by atoms with van der Waals surface area (Å²) < 4.78 is 10.7. The fourth-order valence-corrected chi connectivity index (χ4v) is 3.83. The molecular formula is C22H36O5. The van der Waals surface area contributed by atoms with Crippen molar-refractivity contribution in [2.75, 3.05) is 13.2 Å². The molecule has 0 saturated carbocycles. The number of aliphatic hydroxyl groups excluding tert-OH is 1. The van der Waals surface area contributed by atoms with E-state index in [0.29, 0.717) is 18.4 Å². The summed E-state index contributed by atoms with van der Waals surface area (Å²) >= 11 is 0. The molecule has 1 N–H and O–H groups in total. The Hall–Kier alpha value is -1.36. The minimum Gasteiger partial charge on any atom is -0.461 e. The summed E-state index contributed by atoms with van der Waals surface area (Å²) in [5.41, 5.74) is -0.497. The maximum atomic E-state index is 12.1. The molecule has 2 aliphatic heterocycles. The Morgan fingerprint density at radius 2 is 1.41 bits per heavy atom. The second-order valence-electron chi connectivity index (χ2n) is 8.08. The van der Waals surface area contributed by atoms with Crippen molar-refractivity contribution in [2.45, 2.75) is 102 Å². The van der Waals surface area contributed by atoms with Gasteiger partial charge in [0.1, 0.15) is 6.61 Å². The Morgan fingerprint density at radius 3 is 2.00 bits per heavy atom. The number of cyclic esters (lactones) is 1. The van der Waals surface area contributed by atoms with Gasteiger partial charge in [-0.1, -0.05) is 70.3 Å². The number of hydrogen-bond donors (Lipinski definition) is 1. The molecule has 1 fully saturated rings. The van der Waals surface area contributed by atoms with Crippen LogP contribution in [0, 0.1) is 0 Å². The molecule has 27 heavy (non-hydrogen) atoms. The van der Waals surface area contributed by atoms with Crippen molar-refractivity contribution in [3.05, 3.63) is 11.6 Å². The number of allylic oxidation sites excluding steroid dienone is 1. The Bertz CT molecular complexity index is 499. The smallest absolute Gasteiger partial charge is 0.334 e. The Kier molecular flexibility index (Phi) is 9.89. The fourth-order valence-electron chi connectivity index (χ4n) is 3.83. The summed E-state index contributed by atoms with van der Waals surface area (Å²) in [6.45, 7) is -0.394. The quantitative estimate of drug-likeness (QED) is 0.673. The summed E-state index contributed by atoms with van der Waals surface area (Å²) in [7, 11) is 0. The molecular weight excluding hydrogens is 344 g/mol. The van der Waals surface area contributed by atoms with E-state index in [1.807, 2.05) is 6.08 Å². The third kappa shape index (κ3) is 8.04. The van der Waals surface area contributed by atoms with Crippen LogP contribution < -0.4 is 0 Å². The first-order chi connectivity index (χ1) is 13.2. The van der Waals surface area contributed by atoms with E-state index < -0.39 is 5.60 Å². The molecule has 2 aliphatic rings. The van der Waals surface area contributed by atoms with Crippen LogP contribution in [0.15, 0.2) is 11.6 Å². The number of hydrogen-bond acceptors (Lipinski definition) is 5. The van der Waals surface area contributed by atoms with E-state index in [-0.39, 0.29) is 25.2 Å². The first kappa shape index (κ1) is 21.9. The zero-order valence-electron chi connectivity index (χ0n) is 16.7. The molecule has 2 rings (SSSR count). The van der Waals surface area contributed by atoms with Gasteiger partial charge in [0.25, 0.3) is 0 Å². The number of carbonyl (C=O) groups is 2. The highest BCUT2D eigenvalue weighted by molar-refractivity contribution is 5.91. The first-order valence-electron chi connectivity index (χ1n) is 10.8. The number of carbonyl (C=O) groups excluding carboxylic acids is 2. The van der Waals surface area contributed by atoms with Gasteiger partial charge < -0.3 is 14.6 Å². The average Bonchev–Trinajstić information content (AvgIpc) is 2.99. The van der Waals surface area contributed by atoms with Crippen LogP contribution in [0.1, 0.15) is 96.3 Å². The lowest BCUT2D eigenvalue weighted by atomic mass is 9.98. The van der Waals surface area contributed by atoms with Crippen LogP contribution in [0.3, 0.4) is 0 Å². The van der Waals surface area contributed by atoms with Gasteiger partial charge in [0.15, 0.2) is 5.60 Å². The molecule has 0 spiro atoms. The number of fused-ring (bicyclic) bond motifs is 2. The molecule has 0 aromatic rings. The van der Waals surface area contributed by atoms with Gasteiger partial charge in [0.2, 0.25) is 0 Å². The fraction of sp³-hybridized carbons (Fsp3) is 0.818. The largest absolute Gasteiger partial charge is 0.461 e. The van der Waals surface area contributed by atoms with Gasteiger partial charge in [-0.15, -0.1) is 0 Å². The monoisotopic (exact) mass is 380 g/mol. The molecule has 0 aromatic heterocycles. The molecule has 154 valence electrons. The van der Waals surface area contributed by atoms with E-state index in [4.69, 9.17) is 9.47 Å². The number of rotatable bonds is 1. The average molecular weight is 381 g/mol. The number of esters is 2. The molecule has 0 aliphatic carbocycles. The second kappa shape index (κ2) is 12.2. The lowest BCUT2D eigenvalue weighted by Gasteiger charge is -2.24. The zero-order valence-corrected chi connectivity index (χ0v) is 16.7. The van der Waals surface area contributed by atoms with Crippen LogP contribution in [0.25, 0.3) is 0 Å². The van der Waals surface area contributed by atoms with Crippen molar-refractivity contribution in [2.24, 2.45) is 0 Å². The van der Waals surface area contributed by atoms with E-state index in [2.05, 4.69) is 0 Å². The highest BCUT2D eigenvalue weighted by atomic mass is 16.6. The third-order valence-electron chi connectivity index (χ3n) is 5.59. The van der Waals surface area contributed by atoms with Crippen molar-refractivity contribution in [3.8, 4) is 0 Å². The molecule has 1 saturated heterocycles.